The molecule has 0 amide bonds. The first-order valence-corrected chi connectivity index (χ1v) is 8.97. The van der Waals surface area contributed by atoms with Gasteiger partial charge in [0, 0.05) is 14.9 Å². The Kier molecular flexibility index (Phi) is 5.88. The molecule has 0 N–H and O–H groups in total. The zero-order valence-electron chi connectivity index (χ0n) is 11.8. The first-order valence-electron chi connectivity index (χ1n) is 6.86. The van der Waals surface area contributed by atoms with E-state index in [1.165, 1.54) is 5.56 Å². The number of carbonyl (C=O) groups excluding carboxylic acids is 1. The molecule has 2 aromatic carbocycles. The molecule has 0 spiro atoms. The Morgan fingerprint density at radius 3 is 2.48 bits per heavy atom. The van der Waals surface area contributed by atoms with Gasteiger partial charge in [0.1, 0.15) is 0 Å². The van der Waals surface area contributed by atoms with Crippen molar-refractivity contribution in [1.29, 1.82) is 0 Å². The fourth-order valence-corrected chi connectivity index (χ4v) is 3.65. The van der Waals surface area contributed by atoms with Crippen LogP contribution in [0.25, 0.3) is 0 Å². The smallest absolute Gasteiger partial charge is 0.175 e. The third kappa shape index (κ3) is 4.61. The van der Waals surface area contributed by atoms with E-state index < -0.39 is 10.8 Å². The van der Waals surface area contributed by atoms with E-state index >= 15 is 0 Å². The highest BCUT2D eigenvalue weighted by Crippen LogP contribution is 2.16. The first-order chi connectivity index (χ1) is 10.1. The summed E-state index contributed by atoms with van der Waals surface area (Å²) >= 11 is 3.34. The second-order valence-corrected chi connectivity index (χ2v) is 7.18. The average Bonchev–Trinajstić information content (AvgIpc) is 2.48. The average molecular weight is 365 g/mol. The van der Waals surface area contributed by atoms with Crippen molar-refractivity contribution in [3.05, 3.63) is 64.1 Å². The van der Waals surface area contributed by atoms with Crippen molar-refractivity contribution in [1.82, 2.24) is 0 Å². The molecule has 0 aromatic heterocycles. The minimum Gasteiger partial charge on any atom is -0.293 e. The van der Waals surface area contributed by atoms with Gasteiger partial charge in [-0.3, -0.25) is 9.00 Å². The Hall–Kier alpha value is -1.26. The van der Waals surface area contributed by atoms with Gasteiger partial charge in [0.2, 0.25) is 0 Å². The van der Waals surface area contributed by atoms with E-state index in [0.29, 0.717) is 10.5 Å². The van der Waals surface area contributed by atoms with Crippen LogP contribution in [0, 0.1) is 0 Å². The normalized spacial score (nSPS) is 12.1. The van der Waals surface area contributed by atoms with Crippen LogP contribution >= 0.6 is 15.9 Å². The van der Waals surface area contributed by atoms with Crippen molar-refractivity contribution in [2.24, 2.45) is 0 Å². The standard InChI is InChI=1S/C17H17BrO2S/c1-2-4-13-7-9-14(10-8-13)17(19)12-21(20)16-6-3-5-15(18)11-16/h3,5-11H,2,4,12H2,1H3. The van der Waals surface area contributed by atoms with Gasteiger partial charge in [-0.25, -0.2) is 0 Å². The zero-order chi connectivity index (χ0) is 15.2. The SMILES string of the molecule is CCCc1ccc(C(=O)CS(=O)c2cccc(Br)c2)cc1. The molecule has 0 fully saturated rings. The number of Topliss-reactive ketones (excluding diaryl/α,β-unsaturated/α-hetero) is 1. The monoisotopic (exact) mass is 364 g/mol. The van der Waals surface area contributed by atoms with E-state index in [4.69, 9.17) is 0 Å². The Bertz CT molecular complexity index is 650. The minimum absolute atomic E-state index is 0.0174. The topological polar surface area (TPSA) is 34.1 Å². The summed E-state index contributed by atoms with van der Waals surface area (Å²) in [6.07, 6.45) is 2.10. The maximum absolute atomic E-state index is 12.2. The van der Waals surface area contributed by atoms with Gasteiger partial charge in [-0.15, -0.1) is 0 Å². The van der Waals surface area contributed by atoms with Crippen molar-refractivity contribution in [2.45, 2.75) is 24.7 Å². The molecule has 0 saturated carbocycles. The second kappa shape index (κ2) is 7.66. The van der Waals surface area contributed by atoms with Crippen LogP contribution in [0.3, 0.4) is 0 Å². The molecule has 0 aliphatic carbocycles. The summed E-state index contributed by atoms with van der Waals surface area (Å²) < 4.78 is 13.1. The van der Waals surface area contributed by atoms with Crippen LogP contribution in [0.2, 0.25) is 0 Å². The molecule has 0 aliphatic rings. The van der Waals surface area contributed by atoms with Crippen LogP contribution in [0.1, 0.15) is 29.3 Å². The van der Waals surface area contributed by atoms with E-state index in [-0.39, 0.29) is 11.5 Å². The number of hydrogen-bond donors (Lipinski definition) is 0. The maximum Gasteiger partial charge on any atom is 0.175 e. The number of benzene rings is 2. The summed E-state index contributed by atoms with van der Waals surface area (Å²) in [5.74, 6) is -0.0693. The molecule has 2 aromatic rings. The Balaban J connectivity index is 2.05. The lowest BCUT2D eigenvalue weighted by Gasteiger charge is -2.04. The molecule has 1 atom stereocenters. The fourth-order valence-electron chi connectivity index (χ4n) is 2.04. The zero-order valence-corrected chi connectivity index (χ0v) is 14.2. The fraction of sp³-hybridized carbons (Fsp3) is 0.235. The lowest BCUT2D eigenvalue weighted by Crippen LogP contribution is -2.11. The Morgan fingerprint density at radius 1 is 1.14 bits per heavy atom. The summed E-state index contributed by atoms with van der Waals surface area (Å²) in [7, 11) is -1.31. The van der Waals surface area contributed by atoms with Gasteiger partial charge in [-0.2, -0.15) is 0 Å². The molecule has 2 rings (SSSR count). The number of hydrogen-bond acceptors (Lipinski definition) is 2. The van der Waals surface area contributed by atoms with Crippen molar-refractivity contribution in [3.63, 3.8) is 0 Å². The summed E-state index contributed by atoms with van der Waals surface area (Å²) in [4.78, 5) is 12.8. The van der Waals surface area contributed by atoms with Crippen LogP contribution in [-0.2, 0) is 17.2 Å². The third-order valence-electron chi connectivity index (χ3n) is 3.14. The van der Waals surface area contributed by atoms with Crippen LogP contribution < -0.4 is 0 Å². The highest BCUT2D eigenvalue weighted by molar-refractivity contribution is 9.10. The molecule has 0 aliphatic heterocycles. The molecule has 21 heavy (non-hydrogen) atoms. The van der Waals surface area contributed by atoms with Crippen molar-refractivity contribution >= 4 is 32.5 Å². The predicted molar refractivity (Wildman–Crippen MR) is 90.2 cm³/mol. The van der Waals surface area contributed by atoms with E-state index in [1.54, 1.807) is 12.1 Å². The summed E-state index contributed by atoms with van der Waals surface area (Å²) in [5.41, 5.74) is 1.85. The molecule has 2 nitrogen and oxygen atoms in total. The number of aryl methyl sites for hydroxylation is 1. The van der Waals surface area contributed by atoms with E-state index in [0.717, 1.165) is 17.3 Å². The Morgan fingerprint density at radius 2 is 1.86 bits per heavy atom. The molecule has 1 unspecified atom stereocenters. The van der Waals surface area contributed by atoms with Crippen LogP contribution in [0.5, 0.6) is 0 Å². The summed E-state index contributed by atoms with van der Waals surface area (Å²) in [6.45, 7) is 2.13. The maximum atomic E-state index is 12.2. The quantitative estimate of drug-likeness (QED) is 0.712. The second-order valence-electron chi connectivity index (χ2n) is 4.82. The molecule has 110 valence electrons. The molecular weight excluding hydrogens is 348 g/mol. The van der Waals surface area contributed by atoms with E-state index in [9.17, 15) is 9.00 Å². The number of ketones is 1. The number of halogens is 1. The van der Waals surface area contributed by atoms with Gasteiger partial charge >= 0.3 is 0 Å². The lowest BCUT2D eigenvalue weighted by atomic mass is 10.1. The molecule has 0 bridgehead atoms. The van der Waals surface area contributed by atoms with Crippen LogP contribution in [-0.4, -0.2) is 15.7 Å². The molecular formula is C17H17BrO2S. The van der Waals surface area contributed by atoms with E-state index in [2.05, 4.69) is 22.9 Å². The Labute approximate surface area is 136 Å². The number of carbonyl (C=O) groups is 1. The third-order valence-corrected chi connectivity index (χ3v) is 4.93. The van der Waals surface area contributed by atoms with Gasteiger partial charge in [-0.1, -0.05) is 59.6 Å². The van der Waals surface area contributed by atoms with E-state index in [1.807, 2.05) is 36.4 Å². The van der Waals surface area contributed by atoms with Gasteiger partial charge in [0.05, 0.1) is 16.6 Å². The highest BCUT2D eigenvalue weighted by Gasteiger charge is 2.12. The number of rotatable bonds is 6. The van der Waals surface area contributed by atoms with Gasteiger partial charge in [0.15, 0.2) is 5.78 Å². The lowest BCUT2D eigenvalue weighted by molar-refractivity contribution is 0.102. The molecule has 0 radical (unpaired) electrons. The van der Waals surface area contributed by atoms with Crippen molar-refractivity contribution in [3.8, 4) is 0 Å². The molecule has 0 heterocycles. The van der Waals surface area contributed by atoms with Gasteiger partial charge in [-0.05, 0) is 30.2 Å². The van der Waals surface area contributed by atoms with Crippen molar-refractivity contribution < 1.29 is 9.00 Å². The first kappa shape index (κ1) is 16.1. The van der Waals surface area contributed by atoms with Crippen LogP contribution in [0.4, 0.5) is 0 Å². The summed E-state index contributed by atoms with van der Waals surface area (Å²) in [6, 6.07) is 14.8. The van der Waals surface area contributed by atoms with Gasteiger partial charge < -0.3 is 0 Å². The minimum atomic E-state index is -1.31. The van der Waals surface area contributed by atoms with Crippen LogP contribution in [0.15, 0.2) is 57.9 Å². The predicted octanol–water partition coefficient (Wildman–Crippen LogP) is 4.39. The largest absolute Gasteiger partial charge is 0.293 e. The molecule has 4 heteroatoms. The molecule has 0 saturated heterocycles. The summed E-state index contributed by atoms with van der Waals surface area (Å²) in [5, 5.41) is 0. The highest BCUT2D eigenvalue weighted by atomic mass is 79.9. The van der Waals surface area contributed by atoms with Gasteiger partial charge in [0.25, 0.3) is 0 Å². The van der Waals surface area contributed by atoms with Crippen molar-refractivity contribution in [2.75, 3.05) is 5.75 Å².